The fourth-order valence-corrected chi connectivity index (χ4v) is 8.24. The molecule has 6 atom stereocenters. The van der Waals surface area contributed by atoms with Crippen LogP contribution in [0.4, 0.5) is 0 Å². The van der Waals surface area contributed by atoms with Gasteiger partial charge in [-0.2, -0.15) is 0 Å². The summed E-state index contributed by atoms with van der Waals surface area (Å²) in [7, 11) is 0. The van der Waals surface area contributed by atoms with Gasteiger partial charge in [-0.1, -0.05) is 52.0 Å². The molecule has 3 aliphatic carbocycles. The zero-order valence-electron chi connectivity index (χ0n) is 23.3. The van der Waals surface area contributed by atoms with Gasteiger partial charge in [-0.15, -0.1) is 0 Å². The van der Waals surface area contributed by atoms with Crippen LogP contribution >= 0.6 is 0 Å². The van der Waals surface area contributed by atoms with E-state index in [9.17, 15) is 9.90 Å². The topological polar surface area (TPSA) is 65.0 Å². The van der Waals surface area contributed by atoms with Crippen molar-refractivity contribution in [2.75, 3.05) is 6.61 Å². The minimum atomic E-state index is -0.483. The van der Waals surface area contributed by atoms with E-state index in [1.54, 1.807) is 18.2 Å². The lowest BCUT2D eigenvalue weighted by Gasteiger charge is -2.47. The number of carbonyl (C=O) groups is 1. The largest absolute Gasteiger partial charge is 0.507 e. The van der Waals surface area contributed by atoms with Crippen LogP contribution in [0.1, 0.15) is 97.3 Å². The molecule has 1 aromatic carbocycles. The third kappa shape index (κ3) is 4.62. The normalized spacial score (nSPS) is 37.2. The van der Waals surface area contributed by atoms with Crippen molar-refractivity contribution in [3.8, 4) is 5.75 Å². The van der Waals surface area contributed by atoms with E-state index in [0.717, 1.165) is 18.3 Å². The molecule has 200 valence electrons. The molecule has 0 radical (unpaired) electrons. The molecule has 4 aliphatic rings. The molecule has 2 bridgehead atoms. The van der Waals surface area contributed by atoms with Crippen molar-refractivity contribution in [1.82, 2.24) is 0 Å². The van der Waals surface area contributed by atoms with Crippen molar-refractivity contribution in [3.05, 3.63) is 42.0 Å². The van der Waals surface area contributed by atoms with Crippen LogP contribution in [0.5, 0.6) is 5.75 Å². The Labute approximate surface area is 217 Å². The molecule has 0 amide bonds. The second-order valence-electron chi connectivity index (χ2n) is 12.7. The third-order valence-electron chi connectivity index (χ3n) is 9.78. The van der Waals surface area contributed by atoms with Crippen LogP contribution < -0.4 is 0 Å². The van der Waals surface area contributed by atoms with Crippen LogP contribution in [0.25, 0.3) is 0 Å². The SMILES string of the molecule is CC/C=C\CCOC(=O)c1ccccc1O.C[C@@H]1CC[C@H]2C(C)(C)[C@H]3C[C@@]12CC1OC(C)(C)OC13C. The lowest BCUT2D eigenvalue weighted by atomic mass is 9.63. The third-order valence-corrected chi connectivity index (χ3v) is 9.78. The number of rotatable bonds is 5. The van der Waals surface area contributed by atoms with Gasteiger partial charge in [0, 0.05) is 0 Å². The molecule has 1 aliphatic heterocycles. The first kappa shape index (κ1) is 27.2. The Hall–Kier alpha value is -1.85. The monoisotopic (exact) mass is 498 g/mol. The minimum Gasteiger partial charge on any atom is -0.507 e. The quantitative estimate of drug-likeness (QED) is 0.262. The molecule has 5 heteroatoms. The Morgan fingerprint density at radius 1 is 1.08 bits per heavy atom. The standard InChI is InChI=1S/C18H30O2.C13H16O3/c1-11-7-8-12-15(2,3)13-9-18(11,12)10-14-17(13,6)20-16(4,5)19-14;1-2-3-4-7-10-16-13(15)11-8-5-6-9-12(11)14/h11-14H,7-10H2,1-6H3;3-6,8-9,14H,2,7,10H2,1H3/b;4-3-/t11-,12+,13-,14?,17?,18-;/m1./s1. The maximum absolute atomic E-state index is 11.5. The second kappa shape index (κ2) is 9.79. The van der Waals surface area contributed by atoms with Gasteiger partial charge in [-0.3, -0.25) is 0 Å². The summed E-state index contributed by atoms with van der Waals surface area (Å²) < 4.78 is 17.8. The van der Waals surface area contributed by atoms with E-state index in [0.29, 0.717) is 35.9 Å². The van der Waals surface area contributed by atoms with E-state index in [2.05, 4.69) is 41.5 Å². The Morgan fingerprint density at radius 2 is 1.81 bits per heavy atom. The number of ether oxygens (including phenoxy) is 3. The molecule has 1 saturated heterocycles. The van der Waals surface area contributed by atoms with Gasteiger partial charge in [0.1, 0.15) is 11.3 Å². The minimum absolute atomic E-state index is 0.0448. The molecular formula is C31H46O5. The number of phenols is 1. The van der Waals surface area contributed by atoms with Crippen LogP contribution in [0.15, 0.2) is 36.4 Å². The first-order valence-electron chi connectivity index (χ1n) is 13.9. The lowest BCUT2D eigenvalue weighted by molar-refractivity contribution is -0.177. The average Bonchev–Trinajstić information content (AvgIpc) is 3.33. The van der Waals surface area contributed by atoms with Gasteiger partial charge in [0.25, 0.3) is 0 Å². The summed E-state index contributed by atoms with van der Waals surface area (Å²) >= 11 is 0. The van der Waals surface area contributed by atoms with Gasteiger partial charge in [0.05, 0.1) is 18.3 Å². The number of aromatic hydroxyl groups is 1. The molecule has 5 nitrogen and oxygen atoms in total. The first-order valence-corrected chi connectivity index (χ1v) is 13.9. The highest BCUT2D eigenvalue weighted by molar-refractivity contribution is 5.92. The van der Waals surface area contributed by atoms with Gasteiger partial charge in [0.15, 0.2) is 5.79 Å². The smallest absolute Gasteiger partial charge is 0.341 e. The Balaban J connectivity index is 0.000000175. The molecule has 3 saturated carbocycles. The number of phenolic OH excluding ortho intramolecular Hbond substituents is 1. The second-order valence-corrected chi connectivity index (χ2v) is 12.7. The van der Waals surface area contributed by atoms with Gasteiger partial charge < -0.3 is 19.3 Å². The van der Waals surface area contributed by atoms with E-state index in [1.807, 2.05) is 19.1 Å². The fourth-order valence-electron chi connectivity index (χ4n) is 8.24. The highest BCUT2D eigenvalue weighted by Crippen LogP contribution is 2.75. The molecule has 4 fully saturated rings. The molecule has 1 N–H and O–H groups in total. The van der Waals surface area contributed by atoms with Crippen LogP contribution in [0, 0.1) is 28.6 Å². The van der Waals surface area contributed by atoms with Crippen molar-refractivity contribution >= 4 is 5.97 Å². The molecule has 1 aromatic rings. The highest BCUT2D eigenvalue weighted by atomic mass is 16.8. The van der Waals surface area contributed by atoms with E-state index in [4.69, 9.17) is 14.2 Å². The van der Waals surface area contributed by atoms with Crippen molar-refractivity contribution < 1.29 is 24.1 Å². The molecule has 1 heterocycles. The van der Waals surface area contributed by atoms with Crippen molar-refractivity contribution in [3.63, 3.8) is 0 Å². The molecule has 2 unspecified atom stereocenters. The highest BCUT2D eigenvalue weighted by Gasteiger charge is 2.73. The number of hydrogen-bond donors (Lipinski definition) is 1. The number of esters is 1. The molecule has 1 spiro atoms. The van der Waals surface area contributed by atoms with Crippen molar-refractivity contribution in [1.29, 1.82) is 0 Å². The van der Waals surface area contributed by atoms with Gasteiger partial charge in [-0.25, -0.2) is 4.79 Å². The van der Waals surface area contributed by atoms with Crippen LogP contribution in [0.2, 0.25) is 0 Å². The summed E-state index contributed by atoms with van der Waals surface area (Å²) in [4.78, 5) is 11.5. The van der Waals surface area contributed by atoms with E-state index in [-0.39, 0.29) is 16.9 Å². The molecular weight excluding hydrogens is 452 g/mol. The number of hydrogen-bond acceptors (Lipinski definition) is 5. The molecule has 0 aromatic heterocycles. The van der Waals surface area contributed by atoms with Crippen LogP contribution in [-0.4, -0.2) is 35.2 Å². The lowest BCUT2D eigenvalue weighted by Crippen LogP contribution is -2.52. The number of allylic oxidation sites excluding steroid dienone is 1. The predicted molar refractivity (Wildman–Crippen MR) is 142 cm³/mol. The maximum Gasteiger partial charge on any atom is 0.341 e. The number of para-hydroxylation sites is 1. The Kier molecular flexibility index (Phi) is 7.40. The maximum atomic E-state index is 11.5. The van der Waals surface area contributed by atoms with E-state index >= 15 is 0 Å². The number of fused-ring (bicyclic) bond motifs is 3. The van der Waals surface area contributed by atoms with E-state index in [1.165, 1.54) is 31.7 Å². The van der Waals surface area contributed by atoms with Crippen LogP contribution in [0.3, 0.4) is 0 Å². The zero-order valence-corrected chi connectivity index (χ0v) is 23.3. The molecule has 5 rings (SSSR count). The molecule has 36 heavy (non-hydrogen) atoms. The predicted octanol–water partition coefficient (Wildman–Crippen LogP) is 7.28. The number of benzene rings is 1. The summed E-state index contributed by atoms with van der Waals surface area (Å²) in [6, 6.07) is 6.36. The summed E-state index contributed by atoms with van der Waals surface area (Å²) in [6.07, 6.45) is 11.4. The summed E-state index contributed by atoms with van der Waals surface area (Å²) in [5.41, 5.74) is 1.05. The summed E-state index contributed by atoms with van der Waals surface area (Å²) in [5.74, 6) is 1.43. The zero-order chi connectivity index (χ0) is 26.4. The first-order chi connectivity index (χ1) is 16.9. The summed E-state index contributed by atoms with van der Waals surface area (Å²) in [6.45, 7) is 16.4. The van der Waals surface area contributed by atoms with Gasteiger partial charge in [0.2, 0.25) is 0 Å². The van der Waals surface area contributed by atoms with Gasteiger partial charge >= 0.3 is 5.97 Å². The Morgan fingerprint density at radius 3 is 2.50 bits per heavy atom. The van der Waals surface area contributed by atoms with Crippen molar-refractivity contribution in [2.24, 2.45) is 28.6 Å². The van der Waals surface area contributed by atoms with Gasteiger partial charge in [-0.05, 0) is 100 Å². The van der Waals surface area contributed by atoms with E-state index < -0.39 is 11.8 Å². The van der Waals surface area contributed by atoms with Crippen LogP contribution in [-0.2, 0) is 14.2 Å². The average molecular weight is 499 g/mol. The van der Waals surface area contributed by atoms with Crippen molar-refractivity contribution in [2.45, 2.75) is 104 Å². The number of carbonyl (C=O) groups excluding carboxylic acids is 1. The summed E-state index contributed by atoms with van der Waals surface area (Å²) in [5, 5.41) is 9.41. The Bertz CT molecular complexity index is 981. The fraction of sp³-hybridized carbons (Fsp3) is 0.710.